The molecule has 3 rings (SSSR count). The van der Waals surface area contributed by atoms with E-state index in [4.69, 9.17) is 9.47 Å². The molecule has 23 heavy (non-hydrogen) atoms. The van der Waals surface area contributed by atoms with Crippen LogP contribution in [-0.2, 0) is 14.4 Å². The SMILES string of the molecule is COc1cccc(OCC(=O)N2CC(N3C(=O)CCC3=O)C2)c1. The minimum Gasteiger partial charge on any atom is -0.497 e. The molecule has 0 N–H and O–H groups in total. The molecule has 2 fully saturated rings. The quantitative estimate of drug-likeness (QED) is 0.736. The Kier molecular flexibility index (Phi) is 4.18. The molecule has 7 nitrogen and oxygen atoms in total. The van der Waals surface area contributed by atoms with Gasteiger partial charge in [-0.3, -0.25) is 19.3 Å². The molecule has 0 spiro atoms. The minimum atomic E-state index is -0.182. The Labute approximate surface area is 133 Å². The summed E-state index contributed by atoms with van der Waals surface area (Å²) >= 11 is 0. The number of nitrogens with zero attached hydrogens (tertiary/aromatic N) is 2. The number of imide groups is 1. The summed E-state index contributed by atoms with van der Waals surface area (Å²) in [6, 6.07) is 6.84. The van der Waals surface area contributed by atoms with Gasteiger partial charge in [-0.05, 0) is 12.1 Å². The Morgan fingerprint density at radius 1 is 1.17 bits per heavy atom. The van der Waals surface area contributed by atoms with Crippen LogP contribution in [0.4, 0.5) is 0 Å². The molecule has 3 amide bonds. The first kappa shape index (κ1) is 15.3. The first-order valence-corrected chi connectivity index (χ1v) is 7.48. The van der Waals surface area contributed by atoms with Gasteiger partial charge in [-0.1, -0.05) is 6.07 Å². The summed E-state index contributed by atoms with van der Waals surface area (Å²) in [5.41, 5.74) is 0. The number of carbonyl (C=O) groups is 3. The number of benzene rings is 1. The first-order chi connectivity index (χ1) is 11.1. The third-order valence-electron chi connectivity index (χ3n) is 4.07. The van der Waals surface area contributed by atoms with Crippen LogP contribution in [0.2, 0.25) is 0 Å². The highest BCUT2D eigenvalue weighted by Crippen LogP contribution is 2.23. The van der Waals surface area contributed by atoms with Gasteiger partial charge in [0.05, 0.1) is 13.2 Å². The second-order valence-corrected chi connectivity index (χ2v) is 5.58. The lowest BCUT2D eigenvalue weighted by atomic mass is 10.1. The van der Waals surface area contributed by atoms with E-state index in [2.05, 4.69) is 0 Å². The standard InChI is InChI=1S/C16H18N2O5/c1-22-12-3-2-4-13(7-12)23-10-16(21)17-8-11(9-17)18-14(19)5-6-15(18)20/h2-4,7,11H,5-6,8-10H2,1H3. The number of ether oxygens (including phenoxy) is 2. The minimum absolute atomic E-state index is 0.0816. The fourth-order valence-corrected chi connectivity index (χ4v) is 2.75. The summed E-state index contributed by atoms with van der Waals surface area (Å²) in [5, 5.41) is 0. The van der Waals surface area contributed by atoms with Crippen LogP contribution < -0.4 is 9.47 Å². The highest BCUT2D eigenvalue weighted by Gasteiger charge is 2.42. The second kappa shape index (κ2) is 6.28. The molecule has 122 valence electrons. The van der Waals surface area contributed by atoms with E-state index < -0.39 is 0 Å². The first-order valence-electron chi connectivity index (χ1n) is 7.48. The summed E-state index contributed by atoms with van der Waals surface area (Å²) < 4.78 is 10.5. The van der Waals surface area contributed by atoms with Crippen molar-refractivity contribution >= 4 is 17.7 Å². The van der Waals surface area contributed by atoms with E-state index in [0.717, 1.165) is 0 Å². The molecule has 1 aromatic rings. The molecule has 7 heteroatoms. The summed E-state index contributed by atoms with van der Waals surface area (Å²) in [6.45, 7) is 0.692. The smallest absolute Gasteiger partial charge is 0.260 e. The van der Waals surface area contributed by atoms with E-state index in [1.807, 2.05) is 0 Å². The van der Waals surface area contributed by atoms with E-state index in [-0.39, 0.29) is 43.2 Å². The molecule has 1 aromatic carbocycles. The van der Waals surface area contributed by atoms with Gasteiger partial charge in [0, 0.05) is 32.0 Å². The van der Waals surface area contributed by atoms with Gasteiger partial charge in [-0.25, -0.2) is 0 Å². The van der Waals surface area contributed by atoms with Gasteiger partial charge >= 0.3 is 0 Å². The molecule has 0 unspecified atom stereocenters. The third kappa shape index (κ3) is 3.13. The molecule has 0 radical (unpaired) electrons. The van der Waals surface area contributed by atoms with Crippen molar-refractivity contribution in [3.63, 3.8) is 0 Å². The van der Waals surface area contributed by atoms with Crippen molar-refractivity contribution in [2.75, 3.05) is 26.8 Å². The van der Waals surface area contributed by atoms with Crippen molar-refractivity contribution in [3.8, 4) is 11.5 Å². The van der Waals surface area contributed by atoms with Crippen molar-refractivity contribution < 1.29 is 23.9 Å². The van der Waals surface area contributed by atoms with Gasteiger partial charge in [0.2, 0.25) is 11.8 Å². The molecule has 0 atom stereocenters. The maximum atomic E-state index is 12.1. The molecular formula is C16H18N2O5. The van der Waals surface area contributed by atoms with Crippen molar-refractivity contribution in [2.24, 2.45) is 0 Å². The van der Waals surface area contributed by atoms with E-state index in [0.29, 0.717) is 24.6 Å². The largest absolute Gasteiger partial charge is 0.497 e. The summed E-state index contributed by atoms with van der Waals surface area (Å²) in [4.78, 5) is 38.2. The summed E-state index contributed by atoms with van der Waals surface area (Å²) in [6.07, 6.45) is 0.560. The summed E-state index contributed by atoms with van der Waals surface area (Å²) in [7, 11) is 1.56. The zero-order valence-electron chi connectivity index (χ0n) is 12.9. The fraction of sp³-hybridized carbons (Fsp3) is 0.438. The van der Waals surface area contributed by atoms with Crippen molar-refractivity contribution in [3.05, 3.63) is 24.3 Å². The number of hydrogen-bond donors (Lipinski definition) is 0. The van der Waals surface area contributed by atoms with Crippen LogP contribution in [0.25, 0.3) is 0 Å². The monoisotopic (exact) mass is 318 g/mol. The Morgan fingerprint density at radius 2 is 1.83 bits per heavy atom. The van der Waals surface area contributed by atoms with Gasteiger partial charge in [0.25, 0.3) is 5.91 Å². The van der Waals surface area contributed by atoms with Gasteiger partial charge in [0.15, 0.2) is 6.61 Å². The molecule has 0 aromatic heterocycles. The predicted molar refractivity (Wildman–Crippen MR) is 79.9 cm³/mol. The molecular weight excluding hydrogens is 300 g/mol. The number of likely N-dealkylation sites (tertiary alicyclic amines) is 2. The Balaban J connectivity index is 1.47. The average molecular weight is 318 g/mol. The van der Waals surface area contributed by atoms with Crippen molar-refractivity contribution in [1.29, 1.82) is 0 Å². The summed E-state index contributed by atoms with van der Waals surface area (Å²) in [5.74, 6) is 0.771. The Bertz CT molecular complexity index is 623. The van der Waals surface area contributed by atoms with Gasteiger partial charge in [0.1, 0.15) is 11.5 Å². The zero-order valence-corrected chi connectivity index (χ0v) is 12.9. The van der Waals surface area contributed by atoms with Crippen LogP contribution in [-0.4, -0.2) is 60.4 Å². The number of hydrogen-bond acceptors (Lipinski definition) is 5. The molecule has 0 aliphatic carbocycles. The van der Waals surface area contributed by atoms with Crippen LogP contribution in [0.5, 0.6) is 11.5 Å². The Morgan fingerprint density at radius 3 is 2.48 bits per heavy atom. The molecule has 0 bridgehead atoms. The number of amides is 3. The molecule has 0 saturated carbocycles. The highest BCUT2D eigenvalue weighted by atomic mass is 16.5. The van der Waals surface area contributed by atoms with E-state index in [1.165, 1.54) is 4.90 Å². The predicted octanol–water partition coefficient (Wildman–Crippen LogP) is 0.434. The second-order valence-electron chi connectivity index (χ2n) is 5.58. The number of rotatable bonds is 5. The van der Waals surface area contributed by atoms with Crippen LogP contribution in [0.1, 0.15) is 12.8 Å². The van der Waals surface area contributed by atoms with Gasteiger partial charge < -0.3 is 14.4 Å². The maximum absolute atomic E-state index is 12.1. The van der Waals surface area contributed by atoms with E-state index in [9.17, 15) is 14.4 Å². The van der Waals surface area contributed by atoms with Crippen LogP contribution in [0, 0.1) is 0 Å². The van der Waals surface area contributed by atoms with Gasteiger partial charge in [-0.15, -0.1) is 0 Å². The molecule has 2 heterocycles. The fourth-order valence-electron chi connectivity index (χ4n) is 2.75. The highest BCUT2D eigenvalue weighted by molar-refractivity contribution is 6.02. The van der Waals surface area contributed by atoms with Crippen molar-refractivity contribution in [2.45, 2.75) is 18.9 Å². The topological polar surface area (TPSA) is 76.2 Å². The van der Waals surface area contributed by atoms with E-state index >= 15 is 0 Å². The molecule has 2 aliphatic heterocycles. The van der Waals surface area contributed by atoms with E-state index in [1.54, 1.807) is 36.3 Å². The normalized spacial score (nSPS) is 18.1. The lowest BCUT2D eigenvalue weighted by Crippen LogP contribution is -2.62. The van der Waals surface area contributed by atoms with Crippen LogP contribution in [0.3, 0.4) is 0 Å². The zero-order chi connectivity index (χ0) is 16.4. The van der Waals surface area contributed by atoms with Crippen LogP contribution in [0.15, 0.2) is 24.3 Å². The molecule has 2 aliphatic rings. The van der Waals surface area contributed by atoms with Crippen LogP contribution >= 0.6 is 0 Å². The lowest BCUT2D eigenvalue weighted by Gasteiger charge is -2.42. The third-order valence-corrected chi connectivity index (χ3v) is 4.07. The van der Waals surface area contributed by atoms with Crippen molar-refractivity contribution in [1.82, 2.24) is 9.80 Å². The average Bonchev–Trinajstić information content (AvgIpc) is 2.84. The maximum Gasteiger partial charge on any atom is 0.260 e. The number of carbonyl (C=O) groups excluding carboxylic acids is 3. The number of methoxy groups -OCH3 is 1. The lowest BCUT2D eigenvalue weighted by molar-refractivity contribution is -0.152. The Hall–Kier alpha value is -2.57. The molecule has 2 saturated heterocycles. The van der Waals surface area contributed by atoms with Gasteiger partial charge in [-0.2, -0.15) is 0 Å².